The third-order valence-corrected chi connectivity index (χ3v) is 3.39. The Kier molecular flexibility index (Phi) is 5.55. The maximum absolute atomic E-state index is 12.4. The van der Waals surface area contributed by atoms with Gasteiger partial charge in [0.1, 0.15) is 6.54 Å². The van der Waals surface area contributed by atoms with Gasteiger partial charge in [0.15, 0.2) is 0 Å². The maximum Gasteiger partial charge on any atom is 0.323 e. The van der Waals surface area contributed by atoms with Gasteiger partial charge in [-0.2, -0.15) is 0 Å². The molecule has 0 saturated heterocycles. The molecule has 2 atom stereocenters. The second-order valence-electron chi connectivity index (χ2n) is 4.86. The van der Waals surface area contributed by atoms with Crippen molar-refractivity contribution in [2.45, 2.75) is 26.2 Å². The molecule has 4 nitrogen and oxygen atoms in total. The van der Waals surface area contributed by atoms with Gasteiger partial charge in [0.05, 0.1) is 5.92 Å². The molecule has 0 aliphatic rings. The summed E-state index contributed by atoms with van der Waals surface area (Å²) in [6, 6.07) is 9.54. The Bertz CT molecular complexity index is 430. The quantitative estimate of drug-likeness (QED) is 0.857. The van der Waals surface area contributed by atoms with E-state index in [2.05, 4.69) is 0 Å². The number of aliphatic carboxylic acids is 1. The summed E-state index contributed by atoms with van der Waals surface area (Å²) in [7, 11) is 1.54. The van der Waals surface area contributed by atoms with E-state index in [-0.39, 0.29) is 24.3 Å². The summed E-state index contributed by atoms with van der Waals surface area (Å²) in [5, 5.41) is 8.79. The number of rotatable bonds is 6. The molecule has 104 valence electrons. The third kappa shape index (κ3) is 4.09. The first kappa shape index (κ1) is 15.2. The molecule has 1 aromatic carbocycles. The van der Waals surface area contributed by atoms with E-state index >= 15 is 0 Å². The number of carboxylic acid groups (broad SMARTS) is 1. The highest BCUT2D eigenvalue weighted by Crippen LogP contribution is 2.28. The van der Waals surface area contributed by atoms with Gasteiger partial charge in [-0.25, -0.2) is 0 Å². The summed E-state index contributed by atoms with van der Waals surface area (Å²) < 4.78 is 0. The first-order chi connectivity index (χ1) is 8.97. The van der Waals surface area contributed by atoms with Crippen molar-refractivity contribution in [1.82, 2.24) is 4.90 Å². The topological polar surface area (TPSA) is 57.6 Å². The summed E-state index contributed by atoms with van der Waals surface area (Å²) in [6.07, 6.45) is 0.867. The Morgan fingerprint density at radius 2 is 1.84 bits per heavy atom. The van der Waals surface area contributed by atoms with Gasteiger partial charge in [-0.15, -0.1) is 0 Å². The van der Waals surface area contributed by atoms with E-state index < -0.39 is 5.97 Å². The van der Waals surface area contributed by atoms with E-state index in [1.807, 2.05) is 44.2 Å². The van der Waals surface area contributed by atoms with Crippen LogP contribution in [0.2, 0.25) is 0 Å². The summed E-state index contributed by atoms with van der Waals surface area (Å²) in [5.74, 6) is -1.24. The normalized spacial score (nSPS) is 13.6. The Hall–Kier alpha value is -1.84. The van der Waals surface area contributed by atoms with Crippen molar-refractivity contribution in [2.24, 2.45) is 5.92 Å². The van der Waals surface area contributed by atoms with Crippen molar-refractivity contribution in [3.8, 4) is 0 Å². The van der Waals surface area contributed by atoms with Gasteiger partial charge in [-0.3, -0.25) is 9.59 Å². The molecule has 1 rings (SSSR count). The fraction of sp³-hybridized carbons (Fsp3) is 0.467. The molecule has 1 aromatic rings. The number of carbonyl (C=O) groups excluding carboxylic acids is 1. The molecule has 0 fully saturated rings. The highest BCUT2D eigenvalue weighted by atomic mass is 16.4. The van der Waals surface area contributed by atoms with Gasteiger partial charge in [0.2, 0.25) is 5.91 Å². The molecule has 0 heterocycles. The molecule has 0 aliphatic heterocycles. The predicted octanol–water partition coefficient (Wildman–Crippen LogP) is 2.36. The van der Waals surface area contributed by atoms with E-state index in [9.17, 15) is 9.59 Å². The second kappa shape index (κ2) is 6.92. The minimum atomic E-state index is -0.994. The van der Waals surface area contributed by atoms with Crippen LogP contribution in [0.25, 0.3) is 0 Å². The van der Waals surface area contributed by atoms with Gasteiger partial charge >= 0.3 is 5.97 Å². The lowest BCUT2D eigenvalue weighted by Crippen LogP contribution is -2.37. The Morgan fingerprint density at radius 1 is 1.26 bits per heavy atom. The van der Waals surface area contributed by atoms with Crippen LogP contribution < -0.4 is 0 Å². The van der Waals surface area contributed by atoms with Crippen LogP contribution >= 0.6 is 0 Å². The number of benzene rings is 1. The number of hydrogen-bond acceptors (Lipinski definition) is 2. The maximum atomic E-state index is 12.4. The van der Waals surface area contributed by atoms with Crippen molar-refractivity contribution < 1.29 is 14.7 Å². The molecule has 4 heteroatoms. The lowest BCUT2D eigenvalue weighted by molar-refractivity contribution is -0.144. The minimum absolute atomic E-state index is 0.136. The zero-order valence-corrected chi connectivity index (χ0v) is 11.7. The summed E-state index contributed by atoms with van der Waals surface area (Å²) in [4.78, 5) is 24.4. The molecule has 0 radical (unpaired) electrons. The highest BCUT2D eigenvalue weighted by molar-refractivity contribution is 5.86. The van der Waals surface area contributed by atoms with Crippen LogP contribution in [0.5, 0.6) is 0 Å². The Morgan fingerprint density at radius 3 is 2.32 bits per heavy atom. The van der Waals surface area contributed by atoms with Crippen molar-refractivity contribution >= 4 is 11.9 Å². The molecular weight excluding hydrogens is 242 g/mol. The van der Waals surface area contributed by atoms with Crippen LogP contribution in [0, 0.1) is 5.92 Å². The van der Waals surface area contributed by atoms with Gasteiger partial charge in [0, 0.05) is 7.05 Å². The molecule has 0 aromatic heterocycles. The van der Waals surface area contributed by atoms with Gasteiger partial charge in [-0.1, -0.05) is 50.6 Å². The summed E-state index contributed by atoms with van der Waals surface area (Å²) in [5.41, 5.74) is 0.944. The average Bonchev–Trinajstić information content (AvgIpc) is 2.39. The minimum Gasteiger partial charge on any atom is -0.480 e. The molecule has 19 heavy (non-hydrogen) atoms. The molecule has 1 N–H and O–H groups in total. The van der Waals surface area contributed by atoms with E-state index in [0.717, 1.165) is 12.0 Å². The lowest BCUT2D eigenvalue weighted by atomic mass is 9.84. The van der Waals surface area contributed by atoms with Crippen molar-refractivity contribution in [1.29, 1.82) is 0 Å². The Labute approximate surface area is 114 Å². The molecular formula is C15H21NO3. The highest BCUT2D eigenvalue weighted by Gasteiger charge is 2.28. The fourth-order valence-electron chi connectivity index (χ4n) is 2.13. The van der Waals surface area contributed by atoms with Gasteiger partial charge in [-0.05, 0) is 11.5 Å². The van der Waals surface area contributed by atoms with Gasteiger partial charge in [0.25, 0.3) is 0 Å². The van der Waals surface area contributed by atoms with E-state index in [0.29, 0.717) is 0 Å². The summed E-state index contributed by atoms with van der Waals surface area (Å²) >= 11 is 0. The number of hydrogen-bond donors (Lipinski definition) is 1. The molecule has 1 amide bonds. The zero-order chi connectivity index (χ0) is 14.4. The molecule has 0 spiro atoms. The number of carboxylic acids is 1. The monoisotopic (exact) mass is 263 g/mol. The second-order valence-corrected chi connectivity index (χ2v) is 4.86. The number of nitrogens with zero attached hydrogens (tertiary/aromatic N) is 1. The first-order valence-corrected chi connectivity index (χ1v) is 6.49. The van der Waals surface area contributed by atoms with Crippen LogP contribution in [0.4, 0.5) is 0 Å². The smallest absolute Gasteiger partial charge is 0.323 e. The lowest BCUT2D eigenvalue weighted by Gasteiger charge is -2.27. The Balaban J connectivity index is 2.98. The van der Waals surface area contributed by atoms with Crippen LogP contribution in [-0.4, -0.2) is 35.5 Å². The van der Waals surface area contributed by atoms with Crippen molar-refractivity contribution in [3.63, 3.8) is 0 Å². The molecule has 0 saturated carbocycles. The standard InChI is InChI=1S/C15H21NO3/c1-4-11(2)14(12-8-6-5-7-9-12)15(19)16(3)10-13(17)18/h5-9,11,14H,4,10H2,1-3H3,(H,17,18). The van der Waals surface area contributed by atoms with Crippen LogP contribution in [0.15, 0.2) is 30.3 Å². The van der Waals surface area contributed by atoms with E-state index in [1.54, 1.807) is 0 Å². The zero-order valence-electron chi connectivity index (χ0n) is 11.7. The number of carbonyl (C=O) groups is 2. The number of likely N-dealkylation sites (N-methyl/N-ethyl adjacent to an activating group) is 1. The number of amides is 1. The fourth-order valence-corrected chi connectivity index (χ4v) is 2.13. The SMILES string of the molecule is CCC(C)C(C(=O)N(C)CC(=O)O)c1ccccc1. The summed E-state index contributed by atoms with van der Waals surface area (Å²) in [6.45, 7) is 3.79. The first-order valence-electron chi connectivity index (χ1n) is 6.49. The molecule has 2 unspecified atom stereocenters. The predicted molar refractivity (Wildman–Crippen MR) is 73.9 cm³/mol. The molecule has 0 bridgehead atoms. The van der Waals surface area contributed by atoms with Crippen molar-refractivity contribution in [2.75, 3.05) is 13.6 Å². The van der Waals surface area contributed by atoms with Crippen LogP contribution in [-0.2, 0) is 9.59 Å². The van der Waals surface area contributed by atoms with Crippen LogP contribution in [0.1, 0.15) is 31.7 Å². The average molecular weight is 263 g/mol. The largest absolute Gasteiger partial charge is 0.480 e. The van der Waals surface area contributed by atoms with Crippen LogP contribution in [0.3, 0.4) is 0 Å². The van der Waals surface area contributed by atoms with E-state index in [1.165, 1.54) is 11.9 Å². The molecule has 0 aliphatic carbocycles. The van der Waals surface area contributed by atoms with Gasteiger partial charge < -0.3 is 10.0 Å². The van der Waals surface area contributed by atoms with Crippen molar-refractivity contribution in [3.05, 3.63) is 35.9 Å². The van der Waals surface area contributed by atoms with E-state index in [4.69, 9.17) is 5.11 Å². The third-order valence-electron chi connectivity index (χ3n) is 3.39.